The predicted molar refractivity (Wildman–Crippen MR) is 92.2 cm³/mol. The van der Waals surface area contributed by atoms with Crippen molar-refractivity contribution >= 4 is 11.5 Å². The highest BCUT2D eigenvalue weighted by Crippen LogP contribution is 2.12. The lowest BCUT2D eigenvalue weighted by molar-refractivity contribution is 0.603. The number of nitrogens with one attached hydrogen (secondary N) is 1. The number of anilines is 2. The van der Waals surface area contributed by atoms with E-state index < -0.39 is 11.2 Å². The third-order valence-corrected chi connectivity index (χ3v) is 3.72. The van der Waals surface area contributed by atoms with E-state index in [1.807, 2.05) is 18.2 Å². The minimum absolute atomic E-state index is 0.206. The van der Waals surface area contributed by atoms with Gasteiger partial charge in [-0.15, -0.1) is 5.10 Å². The standard InChI is InChI=1S/C16H23N5O2/c1-4-21(13-9-6-5-7-10-13)12-8-11-17-14-15(22)19(2)16(23)20(3)18-14/h5-7,9-10H,4,8,11-12H2,1-3H3,(H,17,18). The normalized spacial score (nSPS) is 10.6. The van der Waals surface area contributed by atoms with Crippen LogP contribution in [-0.2, 0) is 14.1 Å². The molecule has 0 saturated carbocycles. The second-order valence-electron chi connectivity index (χ2n) is 5.31. The van der Waals surface area contributed by atoms with Gasteiger partial charge >= 0.3 is 5.69 Å². The van der Waals surface area contributed by atoms with E-state index in [4.69, 9.17) is 0 Å². The minimum Gasteiger partial charge on any atom is -0.372 e. The summed E-state index contributed by atoms with van der Waals surface area (Å²) in [5.41, 5.74) is 0.358. The molecule has 0 unspecified atom stereocenters. The summed E-state index contributed by atoms with van der Waals surface area (Å²) < 4.78 is 2.21. The van der Waals surface area contributed by atoms with Gasteiger partial charge in [-0.1, -0.05) is 18.2 Å². The third-order valence-electron chi connectivity index (χ3n) is 3.72. The number of benzene rings is 1. The molecule has 0 bridgehead atoms. The van der Waals surface area contributed by atoms with Gasteiger partial charge in [-0.3, -0.25) is 9.36 Å². The van der Waals surface area contributed by atoms with Gasteiger partial charge in [0.15, 0.2) is 0 Å². The molecule has 0 fully saturated rings. The molecular weight excluding hydrogens is 294 g/mol. The zero-order chi connectivity index (χ0) is 16.8. The number of hydrogen-bond donors (Lipinski definition) is 1. The Morgan fingerprint density at radius 1 is 1.17 bits per heavy atom. The van der Waals surface area contributed by atoms with Crippen LogP contribution in [0.4, 0.5) is 11.5 Å². The molecule has 0 saturated heterocycles. The summed E-state index contributed by atoms with van der Waals surface area (Å²) in [6, 6.07) is 10.2. The van der Waals surface area contributed by atoms with Gasteiger partial charge in [0.1, 0.15) is 0 Å². The molecule has 1 aromatic heterocycles. The molecule has 23 heavy (non-hydrogen) atoms. The van der Waals surface area contributed by atoms with Crippen molar-refractivity contribution in [3.63, 3.8) is 0 Å². The monoisotopic (exact) mass is 317 g/mol. The topological polar surface area (TPSA) is 72.2 Å². The Hall–Kier alpha value is -2.57. The predicted octanol–water partition coefficient (Wildman–Crippen LogP) is 0.807. The van der Waals surface area contributed by atoms with Gasteiger partial charge in [0.25, 0.3) is 5.56 Å². The molecule has 0 aliphatic rings. The van der Waals surface area contributed by atoms with Crippen molar-refractivity contribution in [2.75, 3.05) is 29.9 Å². The van der Waals surface area contributed by atoms with Crippen LogP contribution >= 0.6 is 0 Å². The smallest absolute Gasteiger partial charge is 0.346 e. The number of para-hydroxylation sites is 1. The Kier molecular flexibility index (Phi) is 5.56. The largest absolute Gasteiger partial charge is 0.372 e. The van der Waals surface area contributed by atoms with Crippen LogP contribution in [0.5, 0.6) is 0 Å². The average molecular weight is 317 g/mol. The van der Waals surface area contributed by atoms with E-state index in [0.717, 1.165) is 28.8 Å². The average Bonchev–Trinajstić information content (AvgIpc) is 2.58. The van der Waals surface area contributed by atoms with Gasteiger partial charge in [-0.25, -0.2) is 9.48 Å². The Morgan fingerprint density at radius 2 is 1.87 bits per heavy atom. The van der Waals surface area contributed by atoms with Crippen LogP contribution in [0.1, 0.15) is 13.3 Å². The molecule has 0 aliphatic heterocycles. The highest BCUT2D eigenvalue weighted by Gasteiger charge is 2.08. The van der Waals surface area contributed by atoms with E-state index >= 15 is 0 Å². The van der Waals surface area contributed by atoms with E-state index in [1.54, 1.807) is 0 Å². The summed E-state index contributed by atoms with van der Waals surface area (Å²) in [6.45, 7) is 4.53. The number of nitrogens with zero attached hydrogens (tertiary/aromatic N) is 4. The fourth-order valence-electron chi connectivity index (χ4n) is 2.39. The van der Waals surface area contributed by atoms with Crippen LogP contribution in [0.3, 0.4) is 0 Å². The van der Waals surface area contributed by atoms with Crippen molar-refractivity contribution in [2.24, 2.45) is 14.1 Å². The van der Waals surface area contributed by atoms with Crippen molar-refractivity contribution in [3.8, 4) is 0 Å². The molecule has 2 rings (SSSR count). The number of rotatable bonds is 7. The van der Waals surface area contributed by atoms with E-state index in [0.29, 0.717) is 6.54 Å². The molecular formula is C16H23N5O2. The SMILES string of the molecule is CCN(CCCNc1nn(C)c(=O)n(C)c1=O)c1ccccc1. The van der Waals surface area contributed by atoms with Gasteiger partial charge in [-0.2, -0.15) is 0 Å². The van der Waals surface area contributed by atoms with Crippen molar-refractivity contribution in [1.29, 1.82) is 0 Å². The van der Waals surface area contributed by atoms with Gasteiger partial charge < -0.3 is 10.2 Å². The summed E-state index contributed by atoms with van der Waals surface area (Å²) in [4.78, 5) is 25.8. The fourth-order valence-corrected chi connectivity index (χ4v) is 2.39. The van der Waals surface area contributed by atoms with Gasteiger partial charge in [-0.05, 0) is 25.5 Å². The lowest BCUT2D eigenvalue weighted by Gasteiger charge is -2.23. The molecule has 1 heterocycles. The van der Waals surface area contributed by atoms with Crippen LogP contribution in [-0.4, -0.2) is 34.0 Å². The first kappa shape index (κ1) is 16.8. The maximum absolute atomic E-state index is 12.0. The molecule has 7 nitrogen and oxygen atoms in total. The van der Waals surface area contributed by atoms with Crippen LogP contribution in [0.15, 0.2) is 39.9 Å². The first-order valence-electron chi connectivity index (χ1n) is 7.72. The molecule has 0 spiro atoms. The molecule has 124 valence electrons. The summed E-state index contributed by atoms with van der Waals surface area (Å²) in [7, 11) is 2.98. The number of aryl methyl sites for hydroxylation is 1. The minimum atomic E-state index is -0.429. The molecule has 2 aromatic rings. The van der Waals surface area contributed by atoms with Crippen molar-refractivity contribution in [3.05, 3.63) is 51.2 Å². The van der Waals surface area contributed by atoms with Gasteiger partial charge in [0.05, 0.1) is 0 Å². The maximum atomic E-state index is 12.0. The Morgan fingerprint density at radius 3 is 2.52 bits per heavy atom. The molecule has 7 heteroatoms. The summed E-state index contributed by atoms with van der Waals surface area (Å²) >= 11 is 0. The maximum Gasteiger partial charge on any atom is 0.346 e. The number of aromatic nitrogens is 3. The van der Waals surface area contributed by atoms with E-state index in [-0.39, 0.29) is 5.82 Å². The zero-order valence-corrected chi connectivity index (χ0v) is 13.8. The second kappa shape index (κ2) is 7.62. The van der Waals surface area contributed by atoms with Gasteiger partial charge in [0.2, 0.25) is 5.82 Å². The van der Waals surface area contributed by atoms with Crippen molar-refractivity contribution < 1.29 is 0 Å². The van der Waals surface area contributed by atoms with Crippen LogP contribution in [0, 0.1) is 0 Å². The first-order valence-corrected chi connectivity index (χ1v) is 7.72. The van der Waals surface area contributed by atoms with Crippen LogP contribution in [0.2, 0.25) is 0 Å². The highest BCUT2D eigenvalue weighted by molar-refractivity contribution is 5.45. The van der Waals surface area contributed by atoms with Crippen LogP contribution in [0.25, 0.3) is 0 Å². The highest BCUT2D eigenvalue weighted by atomic mass is 16.2. The lowest BCUT2D eigenvalue weighted by atomic mass is 10.2. The summed E-state index contributed by atoms with van der Waals surface area (Å²) in [5, 5.41) is 7.00. The summed E-state index contributed by atoms with van der Waals surface area (Å²) in [5.74, 6) is 0.206. The van der Waals surface area contributed by atoms with Gasteiger partial charge in [0, 0.05) is 39.4 Å². The molecule has 0 atom stereocenters. The fraction of sp³-hybridized carbons (Fsp3) is 0.438. The number of hydrogen-bond acceptors (Lipinski definition) is 5. The van der Waals surface area contributed by atoms with E-state index in [2.05, 4.69) is 34.4 Å². The zero-order valence-electron chi connectivity index (χ0n) is 13.8. The van der Waals surface area contributed by atoms with E-state index in [9.17, 15) is 9.59 Å². The molecule has 0 amide bonds. The van der Waals surface area contributed by atoms with Crippen molar-refractivity contribution in [1.82, 2.24) is 14.3 Å². The molecule has 1 aromatic carbocycles. The second-order valence-corrected chi connectivity index (χ2v) is 5.31. The molecule has 0 aliphatic carbocycles. The Bertz CT molecular complexity index is 751. The Labute approximate surface area is 135 Å². The third kappa shape index (κ3) is 4.00. The molecule has 0 radical (unpaired) electrons. The first-order chi connectivity index (χ1) is 11.0. The lowest BCUT2D eigenvalue weighted by Crippen LogP contribution is -2.40. The van der Waals surface area contributed by atoms with Crippen molar-refractivity contribution in [2.45, 2.75) is 13.3 Å². The Balaban J connectivity index is 1.93. The quantitative estimate of drug-likeness (QED) is 0.765. The summed E-state index contributed by atoms with van der Waals surface area (Å²) in [6.07, 6.45) is 0.858. The molecule has 1 N–H and O–H groups in total. The van der Waals surface area contributed by atoms with E-state index in [1.165, 1.54) is 19.8 Å². The van der Waals surface area contributed by atoms with Crippen LogP contribution < -0.4 is 21.5 Å².